The second kappa shape index (κ2) is 2.31. The van der Waals surface area contributed by atoms with Gasteiger partial charge in [0, 0.05) is 5.56 Å². The van der Waals surface area contributed by atoms with E-state index in [9.17, 15) is 0 Å². The first kappa shape index (κ1) is 6.28. The van der Waals surface area contributed by atoms with Gasteiger partial charge in [-0.2, -0.15) is 0 Å². The van der Waals surface area contributed by atoms with Crippen LogP contribution in [0.25, 0.3) is 6.08 Å². The second-order valence-electron chi connectivity index (χ2n) is 2.38. The lowest BCUT2D eigenvalue weighted by Crippen LogP contribution is -2.23. The van der Waals surface area contributed by atoms with Crippen LogP contribution >= 0.6 is 0 Å². The number of rotatable bonds is 1. The first-order valence-electron chi connectivity index (χ1n) is 3.52. The molecule has 54 valence electrons. The third kappa shape index (κ3) is 0.871. The lowest BCUT2D eigenvalue weighted by atomic mass is 10.2. The minimum absolute atomic E-state index is 0.570. The van der Waals surface area contributed by atoms with E-state index in [1.165, 1.54) is 0 Å². The maximum absolute atomic E-state index is 4.23. The molecule has 1 heterocycles. The highest BCUT2D eigenvalue weighted by atomic mass is 15.0. The van der Waals surface area contributed by atoms with Crippen LogP contribution < -0.4 is 10.7 Å². The molecule has 0 unspecified atom stereocenters. The van der Waals surface area contributed by atoms with Gasteiger partial charge in [0.25, 0.3) is 0 Å². The van der Waals surface area contributed by atoms with Gasteiger partial charge < -0.3 is 0 Å². The molecule has 0 saturated carbocycles. The first-order chi connectivity index (χ1) is 5.42. The summed E-state index contributed by atoms with van der Waals surface area (Å²) in [5, 5.41) is 1.98. The van der Waals surface area contributed by atoms with E-state index < -0.39 is 0 Å². The summed E-state index contributed by atoms with van der Waals surface area (Å²) in [6.45, 7) is 4.28. The third-order valence-corrected chi connectivity index (χ3v) is 1.74. The molecular weight excluding hydrogens is 136 g/mol. The molecule has 1 aromatic rings. The van der Waals surface area contributed by atoms with Crippen molar-refractivity contribution in [3.63, 3.8) is 0 Å². The molecule has 0 aliphatic carbocycles. The highest BCUT2D eigenvalue weighted by molar-refractivity contribution is 5.45. The molecule has 0 atom stereocenters. The van der Waals surface area contributed by atoms with Gasteiger partial charge in [0.2, 0.25) is 0 Å². The predicted octanol–water partition coefficient (Wildman–Crippen LogP) is 0.540. The molecule has 11 heavy (non-hydrogen) atoms. The molecule has 2 nitrogen and oxygen atoms in total. The van der Waals surface area contributed by atoms with E-state index in [-0.39, 0.29) is 0 Å². The quantitative estimate of drug-likeness (QED) is 0.549. The number of benzene rings is 1. The fourth-order valence-corrected chi connectivity index (χ4v) is 1.20. The maximum Gasteiger partial charge on any atom is 0.130 e. The van der Waals surface area contributed by atoms with Gasteiger partial charge in [-0.25, -0.2) is 0 Å². The predicted molar refractivity (Wildman–Crippen MR) is 43.7 cm³/mol. The fraction of sp³-hybridized carbons (Fsp3) is 0.111. The number of fused-ring (bicyclic) bond motifs is 1. The van der Waals surface area contributed by atoms with Gasteiger partial charge in [-0.05, 0) is 6.07 Å². The Labute approximate surface area is 64.6 Å². The standard InChI is InChI=1S/C9H8N2/c1-2-7-4-3-5-8-9(7)11-6-10-8/h2-5H,1,6H2. The van der Waals surface area contributed by atoms with Crippen LogP contribution in [0.5, 0.6) is 0 Å². The summed E-state index contributed by atoms with van der Waals surface area (Å²) in [4.78, 5) is 8.43. The van der Waals surface area contributed by atoms with E-state index >= 15 is 0 Å². The molecule has 0 aromatic heterocycles. The average Bonchev–Trinajstić information content (AvgIpc) is 2.50. The van der Waals surface area contributed by atoms with Gasteiger partial charge in [-0.3, -0.25) is 9.98 Å². The minimum atomic E-state index is 0.570. The average molecular weight is 144 g/mol. The van der Waals surface area contributed by atoms with Crippen molar-refractivity contribution in [3.05, 3.63) is 41.1 Å². The Balaban J connectivity index is 2.91. The van der Waals surface area contributed by atoms with Crippen molar-refractivity contribution < 1.29 is 0 Å². The summed E-state index contributed by atoms with van der Waals surface area (Å²) in [6, 6.07) is 5.94. The van der Waals surface area contributed by atoms with Crippen molar-refractivity contribution >= 4 is 6.08 Å². The molecule has 0 amide bonds. The van der Waals surface area contributed by atoms with Crippen molar-refractivity contribution in [1.82, 2.24) is 0 Å². The Morgan fingerprint density at radius 1 is 1.36 bits per heavy atom. The molecule has 0 spiro atoms. The van der Waals surface area contributed by atoms with Crippen LogP contribution in [0.1, 0.15) is 5.56 Å². The molecule has 0 saturated heterocycles. The Morgan fingerprint density at radius 3 is 3.09 bits per heavy atom. The van der Waals surface area contributed by atoms with Crippen LogP contribution in [-0.4, -0.2) is 6.67 Å². The van der Waals surface area contributed by atoms with E-state index in [0.717, 1.165) is 16.3 Å². The summed E-state index contributed by atoms with van der Waals surface area (Å²) in [6.07, 6.45) is 1.81. The summed E-state index contributed by atoms with van der Waals surface area (Å²) in [5.74, 6) is 0. The third-order valence-electron chi connectivity index (χ3n) is 1.74. The van der Waals surface area contributed by atoms with Crippen molar-refractivity contribution in [2.45, 2.75) is 0 Å². The Bertz CT molecular complexity index is 404. The summed E-state index contributed by atoms with van der Waals surface area (Å²) < 4.78 is 0. The minimum Gasteiger partial charge on any atom is -0.260 e. The topological polar surface area (TPSA) is 24.7 Å². The van der Waals surface area contributed by atoms with Crippen LogP contribution in [0.15, 0.2) is 34.8 Å². The van der Waals surface area contributed by atoms with E-state index in [0.29, 0.717) is 6.67 Å². The van der Waals surface area contributed by atoms with Crippen LogP contribution in [0, 0.1) is 0 Å². The van der Waals surface area contributed by atoms with Crippen LogP contribution in [0.2, 0.25) is 0 Å². The first-order valence-corrected chi connectivity index (χ1v) is 3.52. The van der Waals surface area contributed by atoms with Crippen molar-refractivity contribution in [1.29, 1.82) is 0 Å². The van der Waals surface area contributed by atoms with E-state index in [1.807, 2.05) is 24.3 Å². The van der Waals surface area contributed by atoms with Gasteiger partial charge in [-0.1, -0.05) is 24.8 Å². The van der Waals surface area contributed by atoms with E-state index in [4.69, 9.17) is 0 Å². The molecular formula is C9H8N2. The van der Waals surface area contributed by atoms with Gasteiger partial charge >= 0.3 is 0 Å². The van der Waals surface area contributed by atoms with Gasteiger partial charge in [0.05, 0.1) is 10.7 Å². The molecule has 0 fully saturated rings. The lowest BCUT2D eigenvalue weighted by Gasteiger charge is -1.88. The summed E-state index contributed by atoms with van der Waals surface area (Å²) in [7, 11) is 0. The molecule has 0 N–H and O–H groups in total. The zero-order valence-electron chi connectivity index (χ0n) is 6.12. The number of nitrogens with zero attached hydrogens (tertiary/aromatic N) is 2. The van der Waals surface area contributed by atoms with Crippen LogP contribution in [0.3, 0.4) is 0 Å². The molecule has 1 aromatic carbocycles. The lowest BCUT2D eigenvalue weighted by molar-refractivity contribution is 1.06. The summed E-state index contributed by atoms with van der Waals surface area (Å²) >= 11 is 0. The van der Waals surface area contributed by atoms with E-state index in [1.54, 1.807) is 0 Å². The summed E-state index contributed by atoms with van der Waals surface area (Å²) in [5.41, 5.74) is 1.07. The molecule has 2 rings (SSSR count). The maximum atomic E-state index is 4.23. The van der Waals surface area contributed by atoms with Crippen LogP contribution in [-0.2, 0) is 0 Å². The van der Waals surface area contributed by atoms with Crippen molar-refractivity contribution in [2.75, 3.05) is 6.67 Å². The largest absolute Gasteiger partial charge is 0.260 e. The Morgan fingerprint density at radius 2 is 2.27 bits per heavy atom. The number of hydrogen-bond donors (Lipinski definition) is 0. The molecule has 2 heteroatoms. The zero-order valence-corrected chi connectivity index (χ0v) is 6.12. The monoisotopic (exact) mass is 144 g/mol. The number of hydrogen-bond acceptors (Lipinski definition) is 2. The molecule has 1 aliphatic rings. The van der Waals surface area contributed by atoms with Crippen LogP contribution in [0.4, 0.5) is 0 Å². The molecule has 1 aliphatic heterocycles. The highest BCUT2D eigenvalue weighted by Gasteiger charge is 1.97. The number of para-hydroxylation sites is 1. The second-order valence-corrected chi connectivity index (χ2v) is 2.38. The smallest absolute Gasteiger partial charge is 0.130 e. The molecule has 0 bridgehead atoms. The zero-order chi connectivity index (χ0) is 7.68. The van der Waals surface area contributed by atoms with Gasteiger partial charge in [0.15, 0.2) is 0 Å². The highest BCUT2D eigenvalue weighted by Crippen LogP contribution is 1.91. The fourth-order valence-electron chi connectivity index (χ4n) is 1.20. The van der Waals surface area contributed by atoms with Gasteiger partial charge in [0.1, 0.15) is 6.67 Å². The van der Waals surface area contributed by atoms with E-state index in [2.05, 4.69) is 16.6 Å². The van der Waals surface area contributed by atoms with Gasteiger partial charge in [-0.15, -0.1) is 0 Å². The van der Waals surface area contributed by atoms with Crippen molar-refractivity contribution in [2.24, 2.45) is 9.98 Å². The Kier molecular flexibility index (Phi) is 1.32. The SMILES string of the molecule is C=Cc1cccc2c1=NCN=2. The van der Waals surface area contributed by atoms with Crippen molar-refractivity contribution in [3.8, 4) is 0 Å². The Hall–Kier alpha value is -1.44. The molecule has 0 radical (unpaired) electrons. The normalized spacial score (nSPS) is 13.1.